The van der Waals surface area contributed by atoms with Crippen LogP contribution >= 0.6 is 11.6 Å². The maximum Gasteiger partial charge on any atom is 0.142 e. The van der Waals surface area contributed by atoms with E-state index < -0.39 is 0 Å². The number of aromatic nitrogens is 2. The second-order valence-electron chi connectivity index (χ2n) is 4.31. The molecule has 1 N–H and O–H groups in total. The first-order valence-electron chi connectivity index (χ1n) is 6.09. The molecule has 0 aliphatic carbocycles. The minimum absolute atomic E-state index is 0.628. The van der Waals surface area contributed by atoms with Crippen molar-refractivity contribution >= 4 is 22.6 Å². The Morgan fingerprint density at radius 1 is 1.05 bits per heavy atom. The zero-order chi connectivity index (χ0) is 14.1. The molecule has 3 aromatic rings. The molecule has 1 aromatic heterocycles. The normalized spacial score (nSPS) is 10.8. The number of halogens is 1. The molecule has 0 bridgehead atoms. The number of H-pyrrole nitrogens is 1. The van der Waals surface area contributed by atoms with Gasteiger partial charge in [0.2, 0.25) is 0 Å². The van der Waals surface area contributed by atoms with Crippen molar-refractivity contribution in [2.24, 2.45) is 0 Å². The highest BCUT2D eigenvalue weighted by atomic mass is 35.5. The second-order valence-corrected chi connectivity index (χ2v) is 4.75. The molecule has 20 heavy (non-hydrogen) atoms. The topological polar surface area (TPSA) is 47.1 Å². The lowest BCUT2D eigenvalue weighted by Crippen LogP contribution is -1.89. The summed E-state index contributed by atoms with van der Waals surface area (Å²) in [5.74, 6) is 2.21. The summed E-state index contributed by atoms with van der Waals surface area (Å²) < 4.78 is 10.6. The van der Waals surface area contributed by atoms with E-state index in [1.807, 2.05) is 30.3 Å². The van der Waals surface area contributed by atoms with Crippen LogP contribution in [0.4, 0.5) is 0 Å². The fourth-order valence-electron chi connectivity index (χ4n) is 2.10. The first kappa shape index (κ1) is 12.8. The van der Waals surface area contributed by atoms with Crippen LogP contribution in [0, 0.1) is 0 Å². The Bertz CT molecular complexity index is 768. The highest BCUT2D eigenvalue weighted by Crippen LogP contribution is 2.32. The van der Waals surface area contributed by atoms with E-state index in [1.165, 1.54) is 0 Å². The van der Waals surface area contributed by atoms with Gasteiger partial charge >= 0.3 is 0 Å². The molecule has 0 amide bonds. The van der Waals surface area contributed by atoms with Crippen molar-refractivity contribution in [3.8, 4) is 22.9 Å². The molecule has 0 atom stereocenters. The average Bonchev–Trinajstić information content (AvgIpc) is 2.89. The Morgan fingerprint density at radius 3 is 2.65 bits per heavy atom. The van der Waals surface area contributed by atoms with Gasteiger partial charge in [-0.2, -0.15) is 0 Å². The lowest BCUT2D eigenvalue weighted by atomic mass is 10.2. The van der Waals surface area contributed by atoms with Crippen LogP contribution in [0.25, 0.3) is 22.4 Å². The predicted octanol–water partition coefficient (Wildman–Crippen LogP) is 3.90. The monoisotopic (exact) mass is 288 g/mol. The summed E-state index contributed by atoms with van der Waals surface area (Å²) in [6.07, 6.45) is 0. The number of nitrogens with one attached hydrogen (secondary N) is 1. The summed E-state index contributed by atoms with van der Waals surface area (Å²) >= 11 is 5.97. The Balaban J connectivity index is 2.14. The lowest BCUT2D eigenvalue weighted by Gasteiger charge is -2.06. The van der Waals surface area contributed by atoms with Gasteiger partial charge < -0.3 is 14.5 Å². The van der Waals surface area contributed by atoms with Crippen molar-refractivity contribution in [2.75, 3.05) is 14.2 Å². The van der Waals surface area contributed by atoms with Crippen LogP contribution in [0.15, 0.2) is 36.4 Å². The third-order valence-corrected chi connectivity index (χ3v) is 3.34. The largest absolute Gasteiger partial charge is 0.497 e. The molecule has 102 valence electrons. The molecule has 0 spiro atoms. The molecular formula is C15H13ClN2O2. The smallest absolute Gasteiger partial charge is 0.142 e. The fourth-order valence-corrected chi connectivity index (χ4v) is 2.27. The molecular weight excluding hydrogens is 276 g/mol. The molecule has 0 unspecified atom stereocenters. The van der Waals surface area contributed by atoms with Gasteiger partial charge in [-0.15, -0.1) is 0 Å². The fraction of sp³-hybridized carbons (Fsp3) is 0.133. The first-order chi connectivity index (χ1) is 9.71. The number of fused-ring (bicyclic) bond motifs is 1. The lowest BCUT2D eigenvalue weighted by molar-refractivity contribution is 0.415. The zero-order valence-electron chi connectivity index (χ0n) is 11.1. The van der Waals surface area contributed by atoms with E-state index in [0.717, 1.165) is 28.2 Å². The predicted molar refractivity (Wildman–Crippen MR) is 79.6 cm³/mol. The molecule has 0 aliphatic heterocycles. The van der Waals surface area contributed by atoms with E-state index in [1.54, 1.807) is 20.3 Å². The third kappa shape index (κ3) is 2.18. The summed E-state index contributed by atoms with van der Waals surface area (Å²) in [6, 6.07) is 11.2. The van der Waals surface area contributed by atoms with Crippen LogP contribution in [0.5, 0.6) is 11.5 Å². The number of methoxy groups -OCH3 is 2. The van der Waals surface area contributed by atoms with Crippen molar-refractivity contribution in [3.05, 3.63) is 41.4 Å². The molecule has 0 aliphatic rings. The van der Waals surface area contributed by atoms with E-state index in [-0.39, 0.29) is 0 Å². The van der Waals surface area contributed by atoms with E-state index in [2.05, 4.69) is 9.97 Å². The molecule has 2 aromatic carbocycles. The molecule has 0 radical (unpaired) electrons. The van der Waals surface area contributed by atoms with Gasteiger partial charge in [0.15, 0.2) is 0 Å². The quantitative estimate of drug-likeness (QED) is 0.795. The SMILES string of the molecule is COc1ccc2nc(-c3ccc(Cl)cc3OC)[nH]c2c1. The number of benzene rings is 2. The molecule has 3 rings (SSSR count). The van der Waals surface area contributed by atoms with E-state index in [9.17, 15) is 0 Å². The third-order valence-electron chi connectivity index (χ3n) is 3.11. The maximum absolute atomic E-state index is 5.97. The van der Waals surface area contributed by atoms with Gasteiger partial charge in [-0.3, -0.25) is 0 Å². The molecule has 5 heteroatoms. The van der Waals surface area contributed by atoms with Gasteiger partial charge in [0.1, 0.15) is 17.3 Å². The number of nitrogens with zero attached hydrogens (tertiary/aromatic N) is 1. The highest BCUT2D eigenvalue weighted by molar-refractivity contribution is 6.30. The Labute approximate surface area is 121 Å². The molecule has 0 fully saturated rings. The molecule has 1 heterocycles. The summed E-state index contributed by atoms with van der Waals surface area (Å²) in [5.41, 5.74) is 2.65. The van der Waals surface area contributed by atoms with Crippen molar-refractivity contribution in [3.63, 3.8) is 0 Å². The van der Waals surface area contributed by atoms with Crippen LogP contribution < -0.4 is 9.47 Å². The molecule has 0 saturated heterocycles. The Hall–Kier alpha value is -2.20. The van der Waals surface area contributed by atoms with Crippen LogP contribution in [0.2, 0.25) is 5.02 Å². The average molecular weight is 289 g/mol. The summed E-state index contributed by atoms with van der Waals surface area (Å²) in [5, 5.41) is 0.628. The number of ether oxygens (including phenoxy) is 2. The number of hydrogen-bond donors (Lipinski definition) is 1. The van der Waals surface area contributed by atoms with Crippen LogP contribution in [-0.2, 0) is 0 Å². The minimum Gasteiger partial charge on any atom is -0.497 e. The number of imidazole rings is 1. The van der Waals surface area contributed by atoms with Crippen molar-refractivity contribution < 1.29 is 9.47 Å². The van der Waals surface area contributed by atoms with Crippen molar-refractivity contribution in [1.82, 2.24) is 9.97 Å². The number of hydrogen-bond acceptors (Lipinski definition) is 3. The van der Waals surface area contributed by atoms with E-state index in [4.69, 9.17) is 21.1 Å². The summed E-state index contributed by atoms with van der Waals surface area (Å²) in [7, 11) is 3.25. The van der Waals surface area contributed by atoms with Gasteiger partial charge in [-0.25, -0.2) is 4.98 Å². The maximum atomic E-state index is 5.97. The van der Waals surface area contributed by atoms with E-state index >= 15 is 0 Å². The first-order valence-corrected chi connectivity index (χ1v) is 6.46. The zero-order valence-corrected chi connectivity index (χ0v) is 11.9. The highest BCUT2D eigenvalue weighted by Gasteiger charge is 2.11. The Morgan fingerprint density at radius 2 is 1.90 bits per heavy atom. The second kappa shape index (κ2) is 5.06. The standard InChI is InChI=1S/C15H13ClN2O2/c1-19-10-4-6-12-13(8-10)18-15(17-12)11-5-3-9(16)7-14(11)20-2/h3-8H,1-2H3,(H,17,18). The summed E-state index contributed by atoms with van der Waals surface area (Å²) in [6.45, 7) is 0. The van der Waals surface area contributed by atoms with Gasteiger partial charge in [-0.1, -0.05) is 11.6 Å². The van der Waals surface area contributed by atoms with Gasteiger partial charge in [-0.05, 0) is 30.3 Å². The van der Waals surface area contributed by atoms with Gasteiger partial charge in [0.05, 0.1) is 30.8 Å². The minimum atomic E-state index is 0.628. The van der Waals surface area contributed by atoms with Crippen LogP contribution in [0.1, 0.15) is 0 Å². The molecule has 0 saturated carbocycles. The molecule has 4 nitrogen and oxygen atoms in total. The number of rotatable bonds is 3. The summed E-state index contributed by atoms with van der Waals surface area (Å²) in [4.78, 5) is 7.83. The Kier molecular flexibility index (Phi) is 3.24. The van der Waals surface area contributed by atoms with Crippen molar-refractivity contribution in [2.45, 2.75) is 0 Å². The van der Waals surface area contributed by atoms with Crippen molar-refractivity contribution in [1.29, 1.82) is 0 Å². The van der Waals surface area contributed by atoms with Gasteiger partial charge in [0, 0.05) is 11.1 Å². The van der Waals surface area contributed by atoms with Crippen LogP contribution in [-0.4, -0.2) is 24.2 Å². The van der Waals surface area contributed by atoms with Crippen LogP contribution in [0.3, 0.4) is 0 Å². The van der Waals surface area contributed by atoms with E-state index in [0.29, 0.717) is 10.8 Å². The number of aromatic amines is 1. The van der Waals surface area contributed by atoms with Gasteiger partial charge in [0.25, 0.3) is 0 Å².